The predicted octanol–water partition coefficient (Wildman–Crippen LogP) is 2.44. The van der Waals surface area contributed by atoms with E-state index in [0.717, 1.165) is 36.7 Å². The van der Waals surface area contributed by atoms with Gasteiger partial charge in [0.25, 0.3) is 0 Å². The van der Waals surface area contributed by atoms with Crippen LogP contribution in [0.15, 0.2) is 18.2 Å². The number of nitrogens with two attached hydrogens (primary N) is 1. The molecule has 0 amide bonds. The van der Waals surface area contributed by atoms with Gasteiger partial charge in [0.05, 0.1) is 7.11 Å². The maximum Gasteiger partial charge on any atom is 0.127 e. The van der Waals surface area contributed by atoms with Gasteiger partial charge in [-0.3, -0.25) is 0 Å². The highest BCUT2D eigenvalue weighted by molar-refractivity contribution is 5.42. The highest BCUT2D eigenvalue weighted by atomic mass is 16.5. The van der Waals surface area contributed by atoms with E-state index in [-0.39, 0.29) is 6.04 Å². The molecule has 0 aliphatic carbocycles. The number of hydrogen-bond donors (Lipinski definition) is 1. The molecule has 4 nitrogen and oxygen atoms in total. The number of ether oxygens (including phenoxy) is 2. The van der Waals surface area contributed by atoms with E-state index < -0.39 is 0 Å². The summed E-state index contributed by atoms with van der Waals surface area (Å²) >= 11 is 0. The lowest BCUT2D eigenvalue weighted by atomic mass is 10.1. The molecule has 19 heavy (non-hydrogen) atoms. The molecule has 1 rings (SSSR count). The first kappa shape index (κ1) is 15.8. The van der Waals surface area contributed by atoms with E-state index in [1.54, 1.807) is 7.11 Å². The molecule has 1 atom stereocenters. The number of hydrogen-bond acceptors (Lipinski definition) is 4. The fraction of sp³-hybridized carbons (Fsp3) is 0.600. The van der Waals surface area contributed by atoms with Crippen molar-refractivity contribution in [1.29, 1.82) is 0 Å². The van der Waals surface area contributed by atoms with Crippen LogP contribution >= 0.6 is 0 Å². The van der Waals surface area contributed by atoms with E-state index in [2.05, 4.69) is 18.7 Å². The molecule has 0 spiro atoms. The van der Waals surface area contributed by atoms with E-state index in [1.165, 1.54) is 0 Å². The minimum Gasteiger partial charge on any atom is -0.497 e. The second-order valence-electron chi connectivity index (χ2n) is 4.57. The van der Waals surface area contributed by atoms with Gasteiger partial charge in [0.15, 0.2) is 0 Å². The summed E-state index contributed by atoms with van der Waals surface area (Å²) in [5.74, 6) is 1.61. The van der Waals surface area contributed by atoms with E-state index in [1.807, 2.05) is 25.1 Å². The van der Waals surface area contributed by atoms with E-state index in [9.17, 15) is 0 Å². The van der Waals surface area contributed by atoms with Crippen molar-refractivity contribution < 1.29 is 9.47 Å². The lowest BCUT2D eigenvalue weighted by molar-refractivity contribution is 0.220. The summed E-state index contributed by atoms with van der Waals surface area (Å²) in [5.41, 5.74) is 6.97. The Bertz CT molecular complexity index is 376. The summed E-state index contributed by atoms with van der Waals surface area (Å²) in [7, 11) is 1.65. The van der Waals surface area contributed by atoms with Crippen LogP contribution in [-0.4, -0.2) is 38.3 Å². The first-order valence-electron chi connectivity index (χ1n) is 6.91. The summed E-state index contributed by atoms with van der Waals surface area (Å²) in [6.45, 7) is 9.93. The largest absolute Gasteiger partial charge is 0.497 e. The maximum absolute atomic E-state index is 5.96. The van der Waals surface area contributed by atoms with Gasteiger partial charge < -0.3 is 20.1 Å². The number of nitrogens with zero attached hydrogens (tertiary/aromatic N) is 1. The minimum atomic E-state index is -0.0469. The number of benzene rings is 1. The molecule has 1 aromatic rings. The molecular formula is C15H26N2O2. The van der Waals surface area contributed by atoms with Gasteiger partial charge in [-0.1, -0.05) is 19.9 Å². The number of methoxy groups -OCH3 is 1. The van der Waals surface area contributed by atoms with Crippen LogP contribution in [0.3, 0.4) is 0 Å². The molecule has 0 bridgehead atoms. The fourth-order valence-electron chi connectivity index (χ4n) is 1.97. The standard InChI is InChI=1S/C15H26N2O2/c1-5-17(6-2)9-10-19-15-11-13(18-4)7-8-14(15)12(3)16/h7-8,11-12H,5-6,9-10,16H2,1-4H3. The Morgan fingerprint density at radius 1 is 1.26 bits per heavy atom. The normalized spacial score (nSPS) is 12.5. The Hall–Kier alpha value is -1.26. The summed E-state index contributed by atoms with van der Waals surface area (Å²) in [6.07, 6.45) is 0. The molecule has 0 aromatic heterocycles. The van der Waals surface area contributed by atoms with Crippen LogP contribution in [0.25, 0.3) is 0 Å². The SMILES string of the molecule is CCN(CC)CCOc1cc(OC)ccc1C(C)N. The molecule has 108 valence electrons. The Kier molecular flexibility index (Phi) is 6.67. The van der Waals surface area contributed by atoms with Gasteiger partial charge in [-0.05, 0) is 26.1 Å². The Balaban J connectivity index is 2.69. The van der Waals surface area contributed by atoms with Gasteiger partial charge in [0.1, 0.15) is 18.1 Å². The topological polar surface area (TPSA) is 47.7 Å². The summed E-state index contributed by atoms with van der Waals surface area (Å²) < 4.78 is 11.1. The third-order valence-corrected chi connectivity index (χ3v) is 3.27. The lowest BCUT2D eigenvalue weighted by Crippen LogP contribution is -2.28. The molecule has 0 heterocycles. The van der Waals surface area contributed by atoms with Crippen molar-refractivity contribution in [2.45, 2.75) is 26.8 Å². The zero-order valence-corrected chi connectivity index (χ0v) is 12.5. The molecule has 1 unspecified atom stereocenters. The van der Waals surface area contributed by atoms with Crippen LogP contribution in [-0.2, 0) is 0 Å². The molecule has 1 aromatic carbocycles. The smallest absolute Gasteiger partial charge is 0.127 e. The van der Waals surface area contributed by atoms with Crippen LogP contribution in [0.4, 0.5) is 0 Å². The fourth-order valence-corrected chi connectivity index (χ4v) is 1.97. The van der Waals surface area contributed by atoms with Gasteiger partial charge in [0, 0.05) is 24.2 Å². The molecule has 0 saturated carbocycles. The second kappa shape index (κ2) is 8.02. The zero-order chi connectivity index (χ0) is 14.3. The molecular weight excluding hydrogens is 240 g/mol. The average Bonchev–Trinajstić information content (AvgIpc) is 2.43. The molecule has 0 fully saturated rings. The first-order chi connectivity index (χ1) is 9.12. The highest BCUT2D eigenvalue weighted by Gasteiger charge is 2.10. The summed E-state index contributed by atoms with van der Waals surface area (Å²) in [6, 6.07) is 5.74. The van der Waals surface area contributed by atoms with E-state index in [0.29, 0.717) is 6.61 Å². The van der Waals surface area contributed by atoms with E-state index >= 15 is 0 Å². The van der Waals surface area contributed by atoms with Crippen LogP contribution in [0, 0.1) is 0 Å². The van der Waals surface area contributed by atoms with E-state index in [4.69, 9.17) is 15.2 Å². The molecule has 0 saturated heterocycles. The van der Waals surface area contributed by atoms with Crippen molar-refractivity contribution in [2.24, 2.45) is 5.73 Å². The Morgan fingerprint density at radius 2 is 1.95 bits per heavy atom. The lowest BCUT2D eigenvalue weighted by Gasteiger charge is -2.20. The molecule has 0 aliphatic heterocycles. The summed E-state index contributed by atoms with van der Waals surface area (Å²) in [4.78, 5) is 2.33. The number of rotatable bonds is 8. The average molecular weight is 266 g/mol. The van der Waals surface area contributed by atoms with Crippen LogP contribution in [0.1, 0.15) is 32.4 Å². The highest BCUT2D eigenvalue weighted by Crippen LogP contribution is 2.28. The second-order valence-corrected chi connectivity index (χ2v) is 4.57. The van der Waals surface area contributed by atoms with Crippen LogP contribution in [0.2, 0.25) is 0 Å². The van der Waals surface area contributed by atoms with Crippen molar-refractivity contribution in [3.05, 3.63) is 23.8 Å². The monoisotopic (exact) mass is 266 g/mol. The molecule has 0 radical (unpaired) electrons. The van der Waals surface area contributed by atoms with Crippen molar-refractivity contribution in [3.8, 4) is 11.5 Å². The van der Waals surface area contributed by atoms with Crippen molar-refractivity contribution in [3.63, 3.8) is 0 Å². The quantitative estimate of drug-likeness (QED) is 0.785. The molecule has 0 aliphatic rings. The predicted molar refractivity (Wildman–Crippen MR) is 78.9 cm³/mol. The van der Waals surface area contributed by atoms with Crippen molar-refractivity contribution in [2.75, 3.05) is 33.4 Å². The number of likely N-dealkylation sites (N-methyl/N-ethyl adjacent to an activating group) is 1. The van der Waals surface area contributed by atoms with Crippen LogP contribution in [0.5, 0.6) is 11.5 Å². The van der Waals surface area contributed by atoms with Gasteiger partial charge in [-0.15, -0.1) is 0 Å². The van der Waals surface area contributed by atoms with Crippen molar-refractivity contribution in [1.82, 2.24) is 4.90 Å². The first-order valence-corrected chi connectivity index (χ1v) is 6.91. The third-order valence-electron chi connectivity index (χ3n) is 3.27. The zero-order valence-electron chi connectivity index (χ0n) is 12.5. The van der Waals surface area contributed by atoms with Gasteiger partial charge >= 0.3 is 0 Å². The summed E-state index contributed by atoms with van der Waals surface area (Å²) in [5, 5.41) is 0. The van der Waals surface area contributed by atoms with Crippen LogP contribution < -0.4 is 15.2 Å². The van der Waals surface area contributed by atoms with Gasteiger partial charge in [-0.25, -0.2) is 0 Å². The van der Waals surface area contributed by atoms with Gasteiger partial charge in [0.2, 0.25) is 0 Å². The molecule has 2 N–H and O–H groups in total. The third kappa shape index (κ3) is 4.73. The Labute approximate surface area is 116 Å². The minimum absolute atomic E-state index is 0.0469. The van der Waals surface area contributed by atoms with Gasteiger partial charge in [-0.2, -0.15) is 0 Å². The molecule has 4 heteroatoms. The maximum atomic E-state index is 5.96. The Morgan fingerprint density at radius 3 is 2.47 bits per heavy atom. The van der Waals surface area contributed by atoms with Crippen molar-refractivity contribution >= 4 is 0 Å².